The molecule has 134 valence electrons. The van der Waals surface area contributed by atoms with Crippen molar-refractivity contribution in [3.05, 3.63) is 35.9 Å². The van der Waals surface area contributed by atoms with E-state index in [0.717, 1.165) is 37.3 Å². The number of piperidine rings is 1. The fraction of sp³-hybridized carbons (Fsp3) is 0.588. The van der Waals surface area contributed by atoms with E-state index in [4.69, 9.17) is 13.7 Å². The molecule has 8 nitrogen and oxygen atoms in total. The van der Waals surface area contributed by atoms with Crippen LogP contribution in [-0.4, -0.2) is 40.3 Å². The molecule has 1 aliphatic heterocycles. The maximum Gasteiger partial charge on any atom is 0.317 e. The molecular weight excluding hydrogens is 324 g/mol. The first kappa shape index (κ1) is 16.1. The zero-order valence-corrected chi connectivity index (χ0v) is 14.0. The third-order valence-electron chi connectivity index (χ3n) is 4.59. The van der Waals surface area contributed by atoms with Gasteiger partial charge in [-0.2, -0.15) is 4.98 Å². The van der Waals surface area contributed by atoms with E-state index in [1.165, 1.54) is 0 Å². The van der Waals surface area contributed by atoms with Crippen LogP contribution in [0, 0.1) is 0 Å². The summed E-state index contributed by atoms with van der Waals surface area (Å²) in [5, 5.41) is 6.85. The molecule has 0 atom stereocenters. The molecule has 0 spiro atoms. The monoisotopic (exact) mass is 346 g/mol. The van der Waals surface area contributed by atoms with E-state index in [1.807, 2.05) is 6.07 Å². The van der Waals surface area contributed by atoms with Crippen LogP contribution < -0.4 is 5.32 Å². The number of hydrogen-bond acceptors (Lipinski definition) is 6. The van der Waals surface area contributed by atoms with Crippen molar-refractivity contribution in [2.45, 2.75) is 50.9 Å². The lowest BCUT2D eigenvalue weighted by Gasteiger charge is -2.31. The Hall–Kier alpha value is -2.35. The summed E-state index contributed by atoms with van der Waals surface area (Å²) in [5.41, 5.74) is 0. The smallest absolute Gasteiger partial charge is 0.317 e. The lowest BCUT2D eigenvalue weighted by atomic mass is 10.1. The van der Waals surface area contributed by atoms with Gasteiger partial charge in [-0.15, -0.1) is 0 Å². The fourth-order valence-corrected chi connectivity index (χ4v) is 2.94. The predicted molar refractivity (Wildman–Crippen MR) is 86.6 cm³/mol. The highest BCUT2D eigenvalue weighted by molar-refractivity contribution is 5.74. The molecule has 0 radical (unpaired) electrons. The fourth-order valence-electron chi connectivity index (χ4n) is 2.94. The van der Waals surface area contributed by atoms with Gasteiger partial charge in [-0.3, -0.25) is 0 Å². The Bertz CT molecular complexity index is 687. The first-order valence-corrected chi connectivity index (χ1v) is 8.77. The molecule has 2 amide bonds. The molecule has 3 heterocycles. The van der Waals surface area contributed by atoms with Crippen molar-refractivity contribution in [2.24, 2.45) is 0 Å². The molecule has 2 aliphatic rings. The predicted octanol–water partition coefficient (Wildman–Crippen LogP) is 2.43. The van der Waals surface area contributed by atoms with Gasteiger partial charge in [-0.1, -0.05) is 5.16 Å². The van der Waals surface area contributed by atoms with E-state index in [0.29, 0.717) is 38.0 Å². The summed E-state index contributed by atoms with van der Waals surface area (Å²) in [7, 11) is 0. The van der Waals surface area contributed by atoms with Crippen LogP contribution in [0.3, 0.4) is 0 Å². The van der Waals surface area contributed by atoms with Crippen LogP contribution in [0.15, 0.2) is 27.3 Å². The van der Waals surface area contributed by atoms with Crippen LogP contribution in [-0.2, 0) is 17.9 Å². The van der Waals surface area contributed by atoms with Crippen LogP contribution in [0.25, 0.3) is 0 Å². The van der Waals surface area contributed by atoms with E-state index in [2.05, 4.69) is 15.5 Å². The zero-order valence-electron chi connectivity index (χ0n) is 14.0. The van der Waals surface area contributed by atoms with Crippen molar-refractivity contribution < 1.29 is 18.5 Å². The van der Waals surface area contributed by atoms with Gasteiger partial charge in [-0.05, 0) is 37.8 Å². The minimum absolute atomic E-state index is 0.0687. The lowest BCUT2D eigenvalue weighted by molar-refractivity contribution is -0.00615. The number of ether oxygens (including phenoxy) is 1. The van der Waals surface area contributed by atoms with Crippen molar-refractivity contribution in [2.75, 3.05) is 13.1 Å². The highest BCUT2D eigenvalue weighted by Gasteiger charge is 2.29. The maximum atomic E-state index is 12.2. The lowest BCUT2D eigenvalue weighted by Crippen LogP contribution is -2.45. The Morgan fingerprint density at radius 3 is 2.88 bits per heavy atom. The number of rotatable bonds is 6. The molecule has 0 bridgehead atoms. The molecule has 1 N–H and O–H groups in total. The van der Waals surface area contributed by atoms with Crippen molar-refractivity contribution in [3.63, 3.8) is 0 Å². The highest BCUT2D eigenvalue weighted by atomic mass is 16.5. The molecule has 2 fully saturated rings. The molecule has 0 unspecified atom stereocenters. The molecule has 8 heteroatoms. The third kappa shape index (κ3) is 4.19. The Labute approximate surface area is 145 Å². The van der Waals surface area contributed by atoms with Crippen LogP contribution in [0.4, 0.5) is 4.79 Å². The SMILES string of the molecule is O=C(NCc1ccco1)N1CCC(OCc2nc(C3CC3)no2)CC1. The largest absolute Gasteiger partial charge is 0.467 e. The summed E-state index contributed by atoms with van der Waals surface area (Å²) in [6, 6.07) is 3.58. The minimum Gasteiger partial charge on any atom is -0.467 e. The number of hydrogen-bond donors (Lipinski definition) is 1. The Morgan fingerprint density at radius 2 is 2.16 bits per heavy atom. The molecule has 0 aromatic carbocycles. The van der Waals surface area contributed by atoms with Gasteiger partial charge in [0.2, 0.25) is 0 Å². The second-order valence-corrected chi connectivity index (χ2v) is 6.56. The van der Waals surface area contributed by atoms with Gasteiger partial charge in [0.25, 0.3) is 5.89 Å². The quantitative estimate of drug-likeness (QED) is 0.863. The number of aromatic nitrogens is 2. The van der Waals surface area contributed by atoms with E-state index >= 15 is 0 Å². The summed E-state index contributed by atoms with van der Waals surface area (Å²) in [5.74, 6) is 2.58. The number of nitrogens with zero attached hydrogens (tertiary/aromatic N) is 3. The van der Waals surface area contributed by atoms with Crippen molar-refractivity contribution in [1.29, 1.82) is 0 Å². The standard InChI is InChI=1S/C17H22N4O4/c22-17(18-10-14-2-1-9-23-14)21-7-5-13(6-8-21)24-11-15-19-16(20-25-15)12-3-4-12/h1-2,9,12-13H,3-8,10-11H2,(H,18,22). The average Bonchev–Trinajstić information content (AvgIpc) is 3.17. The van der Waals surface area contributed by atoms with Gasteiger partial charge in [0, 0.05) is 19.0 Å². The number of nitrogens with one attached hydrogen (secondary N) is 1. The number of carbonyl (C=O) groups excluding carboxylic acids is 1. The van der Waals surface area contributed by atoms with Gasteiger partial charge < -0.3 is 23.9 Å². The summed E-state index contributed by atoms with van der Waals surface area (Å²) < 4.78 is 16.3. The maximum absolute atomic E-state index is 12.2. The molecule has 1 aliphatic carbocycles. The van der Waals surface area contributed by atoms with Gasteiger partial charge >= 0.3 is 6.03 Å². The number of amides is 2. The zero-order chi connectivity index (χ0) is 17.1. The summed E-state index contributed by atoms with van der Waals surface area (Å²) >= 11 is 0. The molecule has 1 saturated heterocycles. The van der Waals surface area contributed by atoms with Crippen LogP contribution in [0.1, 0.15) is 49.1 Å². The molecule has 2 aromatic rings. The van der Waals surface area contributed by atoms with Crippen molar-refractivity contribution in [3.8, 4) is 0 Å². The highest BCUT2D eigenvalue weighted by Crippen LogP contribution is 2.38. The molecular formula is C17H22N4O4. The van der Waals surface area contributed by atoms with Crippen LogP contribution in [0.5, 0.6) is 0 Å². The summed E-state index contributed by atoms with van der Waals surface area (Å²) in [6.07, 6.45) is 5.63. The Morgan fingerprint density at radius 1 is 1.32 bits per heavy atom. The van der Waals surface area contributed by atoms with Gasteiger partial charge in [0.05, 0.1) is 18.9 Å². The molecule has 1 saturated carbocycles. The number of carbonyl (C=O) groups is 1. The topological polar surface area (TPSA) is 93.6 Å². The number of furan rings is 1. The normalized spacial score (nSPS) is 18.5. The van der Waals surface area contributed by atoms with Crippen LogP contribution >= 0.6 is 0 Å². The molecule has 2 aromatic heterocycles. The van der Waals surface area contributed by atoms with Crippen molar-refractivity contribution >= 4 is 6.03 Å². The number of urea groups is 1. The second kappa shape index (κ2) is 7.26. The Kier molecular flexibility index (Phi) is 4.69. The molecule has 25 heavy (non-hydrogen) atoms. The van der Waals surface area contributed by atoms with Gasteiger partial charge in [0.1, 0.15) is 12.4 Å². The molecule has 4 rings (SSSR count). The van der Waals surface area contributed by atoms with Crippen molar-refractivity contribution in [1.82, 2.24) is 20.4 Å². The minimum atomic E-state index is -0.0687. The van der Waals surface area contributed by atoms with Gasteiger partial charge in [-0.25, -0.2) is 4.79 Å². The van der Waals surface area contributed by atoms with E-state index in [9.17, 15) is 4.79 Å². The van der Waals surface area contributed by atoms with Gasteiger partial charge in [0.15, 0.2) is 5.82 Å². The average molecular weight is 346 g/mol. The van der Waals surface area contributed by atoms with E-state index in [-0.39, 0.29) is 12.1 Å². The summed E-state index contributed by atoms with van der Waals surface area (Å²) in [6.45, 7) is 2.09. The number of likely N-dealkylation sites (tertiary alicyclic amines) is 1. The summed E-state index contributed by atoms with van der Waals surface area (Å²) in [4.78, 5) is 18.3. The first-order chi connectivity index (χ1) is 12.3. The second-order valence-electron chi connectivity index (χ2n) is 6.56. The van der Waals surface area contributed by atoms with Crippen LogP contribution in [0.2, 0.25) is 0 Å². The Balaban J connectivity index is 1.16. The third-order valence-corrected chi connectivity index (χ3v) is 4.59. The van der Waals surface area contributed by atoms with E-state index in [1.54, 1.807) is 17.2 Å². The first-order valence-electron chi connectivity index (χ1n) is 8.77. The van der Waals surface area contributed by atoms with E-state index < -0.39 is 0 Å².